The molecular weight excluding hydrogens is 232 g/mol. The van der Waals surface area contributed by atoms with Gasteiger partial charge in [0.05, 0.1) is 12.0 Å². The molecule has 17 heavy (non-hydrogen) atoms. The standard InChI is InChI=1S/C10H14O7/c1-5(11)7(9(15)10(16)17)4-6(12)2-3-8(13)14/h6-7,12H,2-4H2,1H3,(H,13,14)(H,16,17). The summed E-state index contributed by atoms with van der Waals surface area (Å²) in [6, 6.07) is 0. The van der Waals surface area contributed by atoms with E-state index in [0.29, 0.717) is 0 Å². The molecular formula is C10H14O7. The lowest BCUT2D eigenvalue weighted by Crippen LogP contribution is -2.32. The molecule has 0 heterocycles. The van der Waals surface area contributed by atoms with Crippen molar-refractivity contribution in [3.05, 3.63) is 0 Å². The highest BCUT2D eigenvalue weighted by Crippen LogP contribution is 2.13. The number of Topliss-reactive ketones (excluding diaryl/α,β-unsaturated/α-hetero) is 2. The van der Waals surface area contributed by atoms with Gasteiger partial charge in [-0.05, 0) is 19.8 Å². The Hall–Kier alpha value is -1.76. The molecule has 0 radical (unpaired) electrons. The molecule has 0 bridgehead atoms. The van der Waals surface area contributed by atoms with Gasteiger partial charge in [-0.1, -0.05) is 0 Å². The molecule has 0 aromatic heterocycles. The Morgan fingerprint density at radius 3 is 2.00 bits per heavy atom. The fourth-order valence-electron chi connectivity index (χ4n) is 1.29. The summed E-state index contributed by atoms with van der Waals surface area (Å²) in [5.41, 5.74) is 0. The Balaban J connectivity index is 4.45. The first-order valence-corrected chi connectivity index (χ1v) is 4.93. The minimum atomic E-state index is -1.74. The summed E-state index contributed by atoms with van der Waals surface area (Å²) < 4.78 is 0. The van der Waals surface area contributed by atoms with Gasteiger partial charge < -0.3 is 15.3 Å². The Morgan fingerprint density at radius 1 is 1.12 bits per heavy atom. The van der Waals surface area contributed by atoms with Crippen molar-refractivity contribution in [1.29, 1.82) is 0 Å². The van der Waals surface area contributed by atoms with Gasteiger partial charge in [0, 0.05) is 6.42 Å². The van der Waals surface area contributed by atoms with E-state index in [2.05, 4.69) is 0 Å². The number of hydrogen-bond donors (Lipinski definition) is 3. The molecule has 7 heteroatoms. The van der Waals surface area contributed by atoms with Crippen molar-refractivity contribution in [2.24, 2.45) is 5.92 Å². The van der Waals surface area contributed by atoms with Crippen molar-refractivity contribution < 1.29 is 34.5 Å². The number of carboxylic acids is 2. The van der Waals surface area contributed by atoms with Crippen LogP contribution in [0, 0.1) is 5.92 Å². The second-order valence-electron chi connectivity index (χ2n) is 3.65. The van der Waals surface area contributed by atoms with Gasteiger partial charge in [-0.15, -0.1) is 0 Å². The van der Waals surface area contributed by atoms with Crippen LogP contribution in [-0.4, -0.2) is 44.9 Å². The molecule has 0 aliphatic heterocycles. The number of ketones is 2. The second kappa shape index (κ2) is 6.74. The summed E-state index contributed by atoms with van der Waals surface area (Å²) in [6.07, 6.45) is -2.00. The number of carboxylic acid groups (broad SMARTS) is 2. The Kier molecular flexibility index (Phi) is 6.05. The molecule has 3 N–H and O–H groups in total. The highest BCUT2D eigenvalue weighted by atomic mass is 16.4. The van der Waals surface area contributed by atoms with Crippen molar-refractivity contribution in [3.63, 3.8) is 0 Å². The van der Waals surface area contributed by atoms with E-state index >= 15 is 0 Å². The summed E-state index contributed by atoms with van der Waals surface area (Å²) >= 11 is 0. The number of hydrogen-bond acceptors (Lipinski definition) is 5. The lowest BCUT2D eigenvalue weighted by Gasteiger charge is -2.14. The van der Waals surface area contributed by atoms with Crippen LogP contribution in [0.25, 0.3) is 0 Å². The van der Waals surface area contributed by atoms with E-state index in [1.165, 1.54) is 0 Å². The first-order chi connectivity index (χ1) is 7.75. The summed E-state index contributed by atoms with van der Waals surface area (Å²) in [6.45, 7) is 1.05. The molecule has 0 amide bonds. The van der Waals surface area contributed by atoms with E-state index in [0.717, 1.165) is 6.92 Å². The quantitative estimate of drug-likeness (QED) is 0.387. The van der Waals surface area contributed by atoms with Crippen LogP contribution in [-0.2, 0) is 19.2 Å². The average molecular weight is 246 g/mol. The molecule has 2 atom stereocenters. The minimum absolute atomic E-state index is 0.133. The van der Waals surface area contributed by atoms with Crippen LogP contribution in [0.1, 0.15) is 26.2 Å². The fourth-order valence-corrected chi connectivity index (χ4v) is 1.29. The van der Waals surface area contributed by atoms with Gasteiger partial charge in [0.1, 0.15) is 5.78 Å². The van der Waals surface area contributed by atoms with Gasteiger partial charge in [0.2, 0.25) is 5.78 Å². The van der Waals surface area contributed by atoms with E-state index in [1.807, 2.05) is 0 Å². The highest BCUT2D eigenvalue weighted by molar-refractivity contribution is 6.37. The zero-order chi connectivity index (χ0) is 13.6. The van der Waals surface area contributed by atoms with Crippen LogP contribution in [0.3, 0.4) is 0 Å². The molecule has 0 saturated carbocycles. The zero-order valence-corrected chi connectivity index (χ0v) is 9.25. The summed E-state index contributed by atoms with van der Waals surface area (Å²) in [4.78, 5) is 42.8. The third kappa shape index (κ3) is 5.76. The average Bonchev–Trinajstić information content (AvgIpc) is 2.21. The third-order valence-corrected chi connectivity index (χ3v) is 2.22. The number of carbonyl (C=O) groups excluding carboxylic acids is 2. The zero-order valence-electron chi connectivity index (χ0n) is 9.25. The van der Waals surface area contributed by atoms with Gasteiger partial charge in [0.15, 0.2) is 0 Å². The molecule has 0 rings (SSSR count). The molecule has 7 nitrogen and oxygen atoms in total. The van der Waals surface area contributed by atoms with Gasteiger partial charge in [-0.3, -0.25) is 14.4 Å². The third-order valence-electron chi connectivity index (χ3n) is 2.22. The van der Waals surface area contributed by atoms with E-state index < -0.39 is 35.5 Å². The number of aliphatic hydroxyl groups excluding tert-OH is 1. The molecule has 0 fully saturated rings. The normalized spacial score (nSPS) is 13.8. The second-order valence-corrected chi connectivity index (χ2v) is 3.65. The first kappa shape index (κ1) is 15.2. The van der Waals surface area contributed by atoms with Crippen molar-refractivity contribution >= 4 is 23.5 Å². The number of carbonyl (C=O) groups is 4. The minimum Gasteiger partial charge on any atom is -0.481 e. The fraction of sp³-hybridized carbons (Fsp3) is 0.600. The molecule has 0 aromatic rings. The van der Waals surface area contributed by atoms with E-state index in [-0.39, 0.29) is 19.3 Å². The monoisotopic (exact) mass is 246 g/mol. The SMILES string of the molecule is CC(=O)C(CC(O)CCC(=O)O)C(=O)C(=O)O. The number of aliphatic hydroxyl groups is 1. The maximum atomic E-state index is 11.1. The maximum absolute atomic E-state index is 11.1. The summed E-state index contributed by atoms with van der Waals surface area (Å²) in [5.74, 6) is -6.22. The van der Waals surface area contributed by atoms with Crippen LogP contribution in [0.5, 0.6) is 0 Å². The largest absolute Gasteiger partial charge is 0.481 e. The summed E-state index contributed by atoms with van der Waals surface area (Å²) in [5, 5.41) is 26.2. The maximum Gasteiger partial charge on any atom is 0.372 e. The van der Waals surface area contributed by atoms with Gasteiger partial charge in [0.25, 0.3) is 0 Å². The molecule has 96 valence electrons. The van der Waals surface area contributed by atoms with Crippen molar-refractivity contribution in [1.82, 2.24) is 0 Å². The Morgan fingerprint density at radius 2 is 1.65 bits per heavy atom. The van der Waals surface area contributed by atoms with Crippen molar-refractivity contribution in [2.45, 2.75) is 32.3 Å². The van der Waals surface area contributed by atoms with Crippen LogP contribution < -0.4 is 0 Å². The van der Waals surface area contributed by atoms with Crippen LogP contribution >= 0.6 is 0 Å². The lowest BCUT2D eigenvalue weighted by molar-refractivity contribution is -0.153. The van der Waals surface area contributed by atoms with Gasteiger partial charge >= 0.3 is 11.9 Å². The first-order valence-electron chi connectivity index (χ1n) is 4.93. The van der Waals surface area contributed by atoms with E-state index in [4.69, 9.17) is 10.2 Å². The van der Waals surface area contributed by atoms with Crippen molar-refractivity contribution in [3.8, 4) is 0 Å². The van der Waals surface area contributed by atoms with E-state index in [1.54, 1.807) is 0 Å². The van der Waals surface area contributed by atoms with Crippen LogP contribution in [0.4, 0.5) is 0 Å². The number of aliphatic carboxylic acids is 2. The predicted octanol–water partition coefficient (Wildman–Crippen LogP) is -0.539. The highest BCUT2D eigenvalue weighted by Gasteiger charge is 2.30. The van der Waals surface area contributed by atoms with E-state index in [9.17, 15) is 24.3 Å². The molecule has 0 spiro atoms. The molecule has 2 unspecified atom stereocenters. The Bertz CT molecular complexity index is 334. The molecule has 0 aromatic carbocycles. The molecule has 0 saturated heterocycles. The van der Waals surface area contributed by atoms with Gasteiger partial charge in [-0.2, -0.15) is 0 Å². The van der Waals surface area contributed by atoms with Crippen LogP contribution in [0.2, 0.25) is 0 Å². The summed E-state index contributed by atoms with van der Waals surface area (Å²) in [7, 11) is 0. The topological polar surface area (TPSA) is 129 Å². The van der Waals surface area contributed by atoms with Crippen LogP contribution in [0.15, 0.2) is 0 Å². The molecule has 0 aliphatic carbocycles. The van der Waals surface area contributed by atoms with Gasteiger partial charge in [-0.25, -0.2) is 4.79 Å². The van der Waals surface area contributed by atoms with Crippen molar-refractivity contribution in [2.75, 3.05) is 0 Å². The lowest BCUT2D eigenvalue weighted by atomic mass is 9.91. The predicted molar refractivity (Wildman–Crippen MR) is 54.3 cm³/mol. The molecule has 0 aliphatic rings. The Labute approximate surface area is 97.1 Å². The number of rotatable bonds is 8. The smallest absolute Gasteiger partial charge is 0.372 e.